The molecule has 0 aromatic carbocycles. The molecular formula is C23H31F3N6O. The maximum absolute atomic E-state index is 12.7. The fourth-order valence-electron chi connectivity index (χ4n) is 5.75. The smallest absolute Gasteiger partial charge is 0.402 e. The van der Waals surface area contributed by atoms with Crippen molar-refractivity contribution in [1.29, 1.82) is 0 Å². The number of halogens is 3. The third kappa shape index (κ3) is 4.42. The molecule has 3 fully saturated rings. The second-order valence-corrected chi connectivity index (χ2v) is 9.97. The highest BCUT2D eigenvalue weighted by atomic mass is 19.4. The number of fused-ring (bicyclic) bond motifs is 1. The number of aromatic nitrogens is 3. The molecule has 4 atom stereocenters. The number of rotatable bonds is 5. The predicted octanol–water partition coefficient (Wildman–Crippen LogP) is 3.75. The van der Waals surface area contributed by atoms with E-state index in [9.17, 15) is 13.2 Å². The van der Waals surface area contributed by atoms with E-state index in [1.807, 2.05) is 10.7 Å². The summed E-state index contributed by atoms with van der Waals surface area (Å²) in [5.74, 6) is 0.978. The normalized spacial score (nSPS) is 28.3. The summed E-state index contributed by atoms with van der Waals surface area (Å²) in [5, 5.41) is 4.74. The van der Waals surface area contributed by atoms with E-state index >= 15 is 0 Å². The molecule has 0 amide bonds. The van der Waals surface area contributed by atoms with E-state index in [1.165, 1.54) is 30.8 Å². The quantitative estimate of drug-likeness (QED) is 0.727. The van der Waals surface area contributed by atoms with E-state index < -0.39 is 12.1 Å². The second-order valence-electron chi connectivity index (χ2n) is 9.97. The van der Waals surface area contributed by atoms with E-state index in [1.54, 1.807) is 0 Å². The zero-order valence-corrected chi connectivity index (χ0v) is 19.2. The molecule has 10 heteroatoms. The topological polar surface area (TPSA) is 72.4 Å². The first-order valence-electron chi connectivity index (χ1n) is 11.6. The average molecular weight is 465 g/mol. The summed E-state index contributed by atoms with van der Waals surface area (Å²) in [5.41, 5.74) is 7.82. The van der Waals surface area contributed by atoms with Gasteiger partial charge in [-0.25, -0.2) is 4.98 Å². The summed E-state index contributed by atoms with van der Waals surface area (Å²) in [6.45, 7) is 8.70. The zero-order valence-electron chi connectivity index (χ0n) is 19.2. The molecule has 7 nitrogen and oxygen atoms in total. The van der Waals surface area contributed by atoms with Crippen LogP contribution in [0, 0.1) is 11.8 Å². The van der Waals surface area contributed by atoms with Gasteiger partial charge < -0.3 is 15.4 Å². The molecule has 1 aliphatic heterocycles. The number of nitrogen functional groups attached to an aromatic ring is 1. The fourth-order valence-corrected chi connectivity index (χ4v) is 5.75. The minimum atomic E-state index is -4.83. The third-order valence-electron chi connectivity index (χ3n) is 7.47. The van der Waals surface area contributed by atoms with Crippen LogP contribution in [0.4, 0.5) is 19.0 Å². The molecule has 2 aromatic heterocycles. The summed E-state index contributed by atoms with van der Waals surface area (Å²) in [7, 11) is 2.18. The Labute approximate surface area is 191 Å². The van der Waals surface area contributed by atoms with Gasteiger partial charge in [0, 0.05) is 61.6 Å². The van der Waals surface area contributed by atoms with E-state index in [0.29, 0.717) is 35.1 Å². The average Bonchev–Trinajstić information content (AvgIpc) is 3.09. The summed E-state index contributed by atoms with van der Waals surface area (Å²) in [4.78, 5) is 8.94. The Bertz CT molecular complexity index is 1000. The fraction of sp³-hybridized carbons (Fsp3) is 0.652. The van der Waals surface area contributed by atoms with Gasteiger partial charge in [-0.3, -0.25) is 9.58 Å². The van der Waals surface area contributed by atoms with Crippen LogP contribution < -0.4 is 10.5 Å². The first-order valence-corrected chi connectivity index (χ1v) is 11.6. The van der Waals surface area contributed by atoms with E-state index in [2.05, 4.69) is 40.4 Å². The Morgan fingerprint density at radius 3 is 2.36 bits per heavy atom. The number of likely N-dealkylation sites (N-methyl/N-ethyl adjacent to an activating group) is 1. The van der Waals surface area contributed by atoms with E-state index in [-0.39, 0.29) is 11.9 Å². The van der Waals surface area contributed by atoms with E-state index in [4.69, 9.17) is 10.8 Å². The molecule has 33 heavy (non-hydrogen) atoms. The SMILES string of the molecule is CC(C)n1nc(-c2cnc(N)c(OC(F)(F)F)c2)cc1C1[C@H]2CC(N3CCN(C)CC3)C[C@@H]12. The minimum Gasteiger partial charge on any atom is -0.402 e. The van der Waals surface area contributed by atoms with Crippen molar-refractivity contribution in [2.45, 2.75) is 51.1 Å². The third-order valence-corrected chi connectivity index (χ3v) is 7.47. The van der Waals surface area contributed by atoms with Crippen molar-refractivity contribution in [3.63, 3.8) is 0 Å². The molecule has 2 saturated carbocycles. The lowest BCUT2D eigenvalue weighted by atomic mass is 10.0. The Balaban J connectivity index is 1.34. The predicted molar refractivity (Wildman–Crippen MR) is 119 cm³/mol. The van der Waals surface area contributed by atoms with Crippen LogP contribution in [-0.2, 0) is 0 Å². The number of hydrogen-bond acceptors (Lipinski definition) is 6. The molecule has 3 heterocycles. The van der Waals surface area contributed by atoms with Crippen LogP contribution in [-0.4, -0.2) is 70.2 Å². The number of ether oxygens (including phenoxy) is 1. The molecule has 2 unspecified atom stereocenters. The van der Waals surface area contributed by atoms with Gasteiger partial charge in [0.05, 0.1) is 5.69 Å². The highest BCUT2D eigenvalue weighted by Gasteiger charge is 2.58. The number of nitrogens with zero attached hydrogens (tertiary/aromatic N) is 5. The number of alkyl halides is 3. The van der Waals surface area contributed by atoms with Crippen molar-refractivity contribution >= 4 is 5.82 Å². The Kier molecular flexibility index (Phi) is 5.55. The van der Waals surface area contributed by atoms with Gasteiger partial charge in [0.1, 0.15) is 0 Å². The zero-order chi connectivity index (χ0) is 23.5. The van der Waals surface area contributed by atoms with Crippen LogP contribution in [0.5, 0.6) is 5.75 Å². The Morgan fingerprint density at radius 2 is 1.76 bits per heavy atom. The standard InChI is InChI=1S/C23H31F3N6O/c1-13(2)32-19(21-16-9-15(10-17(16)21)31-6-4-30(3)5-7-31)11-18(29-32)14-8-20(22(27)28-12-14)33-23(24,25)26/h8,11-13,15-17,21H,4-7,9-10H2,1-3H3,(H2,27,28)/t15?,16-,17+,21?. The van der Waals surface area contributed by atoms with Crippen molar-refractivity contribution in [3.05, 3.63) is 24.0 Å². The Hall–Kier alpha value is -2.33. The van der Waals surface area contributed by atoms with Gasteiger partial charge in [-0.1, -0.05) is 0 Å². The molecule has 180 valence electrons. The molecule has 0 bridgehead atoms. The minimum absolute atomic E-state index is 0.149. The number of piperazine rings is 1. The first kappa shape index (κ1) is 22.5. The van der Waals surface area contributed by atoms with Gasteiger partial charge in [-0.15, -0.1) is 13.2 Å². The number of nitrogens with two attached hydrogens (primary N) is 1. The molecule has 2 aliphatic carbocycles. The molecule has 0 spiro atoms. The summed E-state index contributed by atoms with van der Waals surface area (Å²) >= 11 is 0. The number of hydrogen-bond donors (Lipinski definition) is 1. The molecule has 3 aliphatic rings. The maximum atomic E-state index is 12.7. The van der Waals surface area contributed by atoms with Crippen LogP contribution in [0.15, 0.2) is 18.3 Å². The largest absolute Gasteiger partial charge is 0.573 e. The molecule has 2 N–H and O–H groups in total. The van der Waals surface area contributed by atoms with Crippen molar-refractivity contribution in [1.82, 2.24) is 24.6 Å². The van der Waals surface area contributed by atoms with Gasteiger partial charge in [0.15, 0.2) is 11.6 Å². The van der Waals surface area contributed by atoms with Crippen LogP contribution in [0.2, 0.25) is 0 Å². The summed E-state index contributed by atoms with van der Waals surface area (Å²) in [6, 6.07) is 4.10. The molecule has 1 saturated heterocycles. The first-order chi connectivity index (χ1) is 15.6. The van der Waals surface area contributed by atoms with Gasteiger partial charge in [0.25, 0.3) is 0 Å². The molecule has 0 radical (unpaired) electrons. The highest BCUT2D eigenvalue weighted by molar-refractivity contribution is 5.64. The van der Waals surface area contributed by atoms with Crippen molar-refractivity contribution in [2.24, 2.45) is 11.8 Å². The lowest BCUT2D eigenvalue weighted by Crippen LogP contribution is -2.48. The van der Waals surface area contributed by atoms with Crippen LogP contribution in [0.1, 0.15) is 44.3 Å². The summed E-state index contributed by atoms with van der Waals surface area (Å²) in [6.07, 6.45) is -0.954. The molecule has 2 aromatic rings. The van der Waals surface area contributed by atoms with Gasteiger partial charge in [-0.2, -0.15) is 5.10 Å². The van der Waals surface area contributed by atoms with Crippen LogP contribution >= 0.6 is 0 Å². The monoisotopic (exact) mass is 464 g/mol. The molecular weight excluding hydrogens is 433 g/mol. The lowest BCUT2D eigenvalue weighted by Gasteiger charge is -2.37. The van der Waals surface area contributed by atoms with Gasteiger partial charge in [-0.05, 0) is 57.7 Å². The van der Waals surface area contributed by atoms with Gasteiger partial charge >= 0.3 is 6.36 Å². The van der Waals surface area contributed by atoms with Crippen molar-refractivity contribution < 1.29 is 17.9 Å². The van der Waals surface area contributed by atoms with Gasteiger partial charge in [0.2, 0.25) is 0 Å². The molecule has 5 rings (SSSR count). The van der Waals surface area contributed by atoms with Crippen LogP contribution in [0.25, 0.3) is 11.3 Å². The second kappa shape index (κ2) is 8.16. The van der Waals surface area contributed by atoms with Crippen molar-refractivity contribution in [2.75, 3.05) is 39.0 Å². The van der Waals surface area contributed by atoms with Crippen LogP contribution in [0.3, 0.4) is 0 Å². The highest BCUT2D eigenvalue weighted by Crippen LogP contribution is 2.64. The maximum Gasteiger partial charge on any atom is 0.573 e. The van der Waals surface area contributed by atoms with Crippen molar-refractivity contribution in [3.8, 4) is 17.0 Å². The Morgan fingerprint density at radius 1 is 1.09 bits per heavy atom. The lowest BCUT2D eigenvalue weighted by molar-refractivity contribution is -0.274. The van der Waals surface area contributed by atoms with E-state index in [0.717, 1.165) is 26.2 Å². The number of anilines is 1. The summed E-state index contributed by atoms with van der Waals surface area (Å²) < 4.78 is 44.3. The number of pyridine rings is 1.